The van der Waals surface area contributed by atoms with Gasteiger partial charge in [0.25, 0.3) is 17.7 Å². The van der Waals surface area contributed by atoms with Crippen LogP contribution in [-0.4, -0.2) is 29.5 Å². The molecule has 1 atom stereocenters. The van der Waals surface area contributed by atoms with Gasteiger partial charge >= 0.3 is 6.03 Å². The Morgan fingerprint density at radius 2 is 1.46 bits per heavy atom. The molecule has 4 aliphatic carbocycles. The topological polar surface area (TPSA) is 99.2 Å². The van der Waals surface area contributed by atoms with Crippen molar-refractivity contribution in [1.82, 2.24) is 5.32 Å². The molecule has 2 heterocycles. The van der Waals surface area contributed by atoms with Crippen molar-refractivity contribution in [3.8, 4) is 0 Å². The first-order valence-corrected chi connectivity index (χ1v) is 13.8. The zero-order chi connectivity index (χ0) is 26.9. The largest absolute Gasteiger partial charge is 0.335 e. The number of nitrogens with one attached hydrogen (secondary N) is 1. The van der Waals surface area contributed by atoms with Crippen LogP contribution in [0.2, 0.25) is 0 Å². The van der Waals surface area contributed by atoms with Crippen LogP contribution in [0.5, 0.6) is 0 Å². The highest BCUT2D eigenvalue weighted by molar-refractivity contribution is 6.38. The Kier molecular flexibility index (Phi) is 5.37. The summed E-state index contributed by atoms with van der Waals surface area (Å²) in [5.41, 5.74) is 2.69. The van der Waals surface area contributed by atoms with Crippen LogP contribution >= 0.6 is 0 Å². The van der Waals surface area contributed by atoms with E-state index in [1.165, 1.54) is 55.2 Å². The number of amides is 5. The van der Waals surface area contributed by atoms with E-state index in [4.69, 9.17) is 0 Å². The number of rotatable bonds is 4. The Balaban J connectivity index is 1.15. The van der Waals surface area contributed by atoms with Crippen molar-refractivity contribution in [2.24, 2.45) is 28.8 Å². The van der Waals surface area contributed by atoms with Gasteiger partial charge in [0.2, 0.25) is 0 Å². The van der Waals surface area contributed by atoms with Gasteiger partial charge in [0.15, 0.2) is 0 Å². The van der Waals surface area contributed by atoms with E-state index in [9.17, 15) is 19.2 Å². The molecule has 1 saturated heterocycles. The molecule has 5 amide bonds. The molecule has 2 aromatic rings. The number of hydrogen-bond acceptors (Lipinski definition) is 5. The average molecular weight is 523 g/mol. The van der Waals surface area contributed by atoms with Crippen molar-refractivity contribution in [3.05, 3.63) is 71.8 Å². The van der Waals surface area contributed by atoms with Crippen molar-refractivity contribution in [3.63, 3.8) is 0 Å². The molecule has 8 nitrogen and oxygen atoms in total. The van der Waals surface area contributed by atoms with Gasteiger partial charge in [0.05, 0.1) is 23.0 Å². The molecule has 39 heavy (non-hydrogen) atoms. The normalized spacial score (nSPS) is 32.7. The quantitative estimate of drug-likeness (QED) is 0.465. The fourth-order valence-electron chi connectivity index (χ4n) is 8.03. The molecule has 0 unspecified atom stereocenters. The summed E-state index contributed by atoms with van der Waals surface area (Å²) in [6.45, 7) is 1.68. The Hall–Kier alpha value is -4.07. The van der Waals surface area contributed by atoms with Crippen LogP contribution in [0.1, 0.15) is 51.0 Å². The standard InChI is InChI=1S/C31H30N4O4/c1-18-25(29(38)35(33-18)24-5-3-2-4-6-24)14-26-27(36)32-30(39)34(28(26)37)23-9-7-22(8-10-23)31-15-19-11-20(16-31)13-21(12-19)17-31/h2-10,14,19-21,25H,11-13,15-17H2,1H3,(H,32,36,39)/b26-14+/t19?,20?,21?,25-,31?/m0/s1. The summed E-state index contributed by atoms with van der Waals surface area (Å²) in [4.78, 5) is 53.2. The predicted molar refractivity (Wildman–Crippen MR) is 146 cm³/mol. The third-order valence-electron chi connectivity index (χ3n) is 9.39. The van der Waals surface area contributed by atoms with Crippen LogP contribution in [0, 0.1) is 23.7 Å². The van der Waals surface area contributed by atoms with Gasteiger partial charge in [-0.25, -0.2) is 9.69 Å². The van der Waals surface area contributed by atoms with E-state index in [1.807, 2.05) is 18.2 Å². The highest BCUT2D eigenvalue weighted by Gasteiger charge is 2.51. The van der Waals surface area contributed by atoms with Crippen molar-refractivity contribution >= 4 is 40.8 Å². The van der Waals surface area contributed by atoms with Crippen LogP contribution < -0.4 is 15.2 Å². The van der Waals surface area contributed by atoms with Gasteiger partial charge in [-0.2, -0.15) is 10.1 Å². The zero-order valence-corrected chi connectivity index (χ0v) is 21.8. The third kappa shape index (κ3) is 3.84. The molecule has 6 aliphatic rings. The second kappa shape index (κ2) is 8.73. The summed E-state index contributed by atoms with van der Waals surface area (Å²) in [5.74, 6) is -0.375. The summed E-state index contributed by atoms with van der Waals surface area (Å²) >= 11 is 0. The Bertz CT molecular complexity index is 1420. The van der Waals surface area contributed by atoms with Crippen LogP contribution in [0.4, 0.5) is 16.2 Å². The first kappa shape index (κ1) is 24.0. The van der Waals surface area contributed by atoms with E-state index in [0.717, 1.165) is 22.7 Å². The average Bonchev–Trinajstić information content (AvgIpc) is 3.19. The van der Waals surface area contributed by atoms with Gasteiger partial charge < -0.3 is 0 Å². The number of hydrogen-bond donors (Lipinski definition) is 1. The van der Waals surface area contributed by atoms with E-state index < -0.39 is 23.8 Å². The molecule has 5 fully saturated rings. The number of para-hydroxylation sites is 1. The van der Waals surface area contributed by atoms with Crippen LogP contribution in [0.25, 0.3) is 0 Å². The smallest absolute Gasteiger partial charge is 0.273 e. The van der Waals surface area contributed by atoms with E-state index >= 15 is 0 Å². The molecular weight excluding hydrogens is 492 g/mol. The van der Waals surface area contributed by atoms with Gasteiger partial charge in [-0.15, -0.1) is 0 Å². The second-order valence-electron chi connectivity index (χ2n) is 11.9. The maximum absolute atomic E-state index is 13.5. The molecule has 2 aliphatic heterocycles. The lowest BCUT2D eigenvalue weighted by Crippen LogP contribution is -2.54. The number of anilines is 2. The minimum atomic E-state index is -0.886. The summed E-state index contributed by atoms with van der Waals surface area (Å²) in [6, 6.07) is 15.9. The molecular formula is C31H30N4O4. The van der Waals surface area contributed by atoms with Crippen LogP contribution in [0.3, 0.4) is 0 Å². The highest BCUT2D eigenvalue weighted by atomic mass is 16.2. The summed E-state index contributed by atoms with van der Waals surface area (Å²) < 4.78 is 0. The third-order valence-corrected chi connectivity index (χ3v) is 9.39. The minimum Gasteiger partial charge on any atom is -0.273 e. The van der Waals surface area contributed by atoms with Gasteiger partial charge in [-0.3, -0.25) is 19.7 Å². The van der Waals surface area contributed by atoms with Crippen LogP contribution in [0.15, 0.2) is 71.3 Å². The second-order valence-corrected chi connectivity index (χ2v) is 11.9. The zero-order valence-electron chi connectivity index (χ0n) is 21.8. The van der Waals surface area contributed by atoms with E-state index in [0.29, 0.717) is 17.1 Å². The summed E-state index contributed by atoms with van der Waals surface area (Å²) in [5, 5.41) is 7.89. The Morgan fingerprint density at radius 3 is 2.08 bits per heavy atom. The van der Waals surface area contributed by atoms with Crippen molar-refractivity contribution in [2.75, 3.05) is 9.91 Å². The predicted octanol–water partition coefficient (Wildman–Crippen LogP) is 4.70. The number of nitrogens with zero attached hydrogens (tertiary/aromatic N) is 3. The molecule has 0 spiro atoms. The van der Waals surface area contributed by atoms with Crippen LogP contribution in [-0.2, 0) is 19.8 Å². The Morgan fingerprint density at radius 1 is 0.846 bits per heavy atom. The number of imide groups is 2. The lowest BCUT2D eigenvalue weighted by Gasteiger charge is -2.57. The van der Waals surface area contributed by atoms with E-state index in [2.05, 4.69) is 22.6 Å². The van der Waals surface area contributed by atoms with Gasteiger partial charge in [-0.1, -0.05) is 30.3 Å². The maximum atomic E-state index is 13.5. The fourth-order valence-corrected chi connectivity index (χ4v) is 8.03. The number of benzene rings is 2. The van der Waals surface area contributed by atoms with Crippen molar-refractivity contribution < 1.29 is 19.2 Å². The summed E-state index contributed by atoms with van der Waals surface area (Å²) in [7, 11) is 0. The number of hydrazone groups is 1. The monoisotopic (exact) mass is 522 g/mol. The first-order valence-electron chi connectivity index (χ1n) is 13.8. The number of urea groups is 1. The van der Waals surface area contributed by atoms with Crippen molar-refractivity contribution in [1.29, 1.82) is 0 Å². The minimum absolute atomic E-state index is 0.201. The molecule has 0 radical (unpaired) electrons. The van der Waals surface area contributed by atoms with Gasteiger partial charge in [0, 0.05) is 0 Å². The molecule has 8 rings (SSSR count). The van der Waals surface area contributed by atoms with Crippen molar-refractivity contribution in [2.45, 2.75) is 50.9 Å². The lowest BCUT2D eigenvalue weighted by molar-refractivity contribution is -0.122. The summed E-state index contributed by atoms with van der Waals surface area (Å²) in [6.07, 6.45) is 9.07. The maximum Gasteiger partial charge on any atom is 0.335 e. The van der Waals surface area contributed by atoms with E-state index in [-0.39, 0.29) is 16.9 Å². The molecule has 198 valence electrons. The molecule has 4 saturated carbocycles. The fraction of sp³-hybridized carbons (Fsp3) is 0.387. The number of barbiturate groups is 1. The SMILES string of the molecule is CC1=NN(c2ccccc2)C(=O)[C@H]1/C=C1\C(=O)NC(=O)N(c2ccc(C34CC5CC(CC(C5)C3)C4)cc2)C1=O. The highest BCUT2D eigenvalue weighted by Crippen LogP contribution is 2.60. The van der Waals surface area contributed by atoms with E-state index in [1.54, 1.807) is 31.2 Å². The molecule has 1 N–H and O–H groups in total. The van der Waals surface area contributed by atoms with Gasteiger partial charge in [-0.05, 0) is 105 Å². The molecule has 0 aromatic heterocycles. The lowest BCUT2D eigenvalue weighted by atomic mass is 9.48. The number of carbonyl (C=O) groups is 4. The molecule has 8 heteroatoms. The first-order chi connectivity index (χ1) is 18.8. The number of carbonyl (C=O) groups excluding carboxylic acids is 4. The van der Waals surface area contributed by atoms with Gasteiger partial charge in [0.1, 0.15) is 5.57 Å². The molecule has 2 aromatic carbocycles. The Labute approximate surface area is 226 Å². The molecule has 4 bridgehead atoms.